The van der Waals surface area contributed by atoms with Crippen molar-refractivity contribution >= 4 is 17.9 Å². The van der Waals surface area contributed by atoms with Gasteiger partial charge in [0.25, 0.3) is 6.29 Å². The molecule has 2 atom stereocenters. The van der Waals surface area contributed by atoms with Crippen molar-refractivity contribution in [1.29, 1.82) is 0 Å². The monoisotopic (exact) mass is 1200 g/mol. The van der Waals surface area contributed by atoms with Gasteiger partial charge >= 0.3 is 17.9 Å². The van der Waals surface area contributed by atoms with E-state index in [4.69, 9.17) is 18.9 Å². The van der Waals surface area contributed by atoms with E-state index in [0.717, 1.165) is 154 Å². The number of aliphatic carboxylic acids is 1. The summed E-state index contributed by atoms with van der Waals surface area (Å²) >= 11 is 0. The van der Waals surface area contributed by atoms with Gasteiger partial charge in [0.1, 0.15) is 13.2 Å². The number of carbonyl (C=O) groups is 3. The molecule has 1 N–H and O–H groups in total. The van der Waals surface area contributed by atoms with Crippen molar-refractivity contribution in [3.05, 3.63) is 194 Å². The molecule has 9 heteroatoms. The van der Waals surface area contributed by atoms with Gasteiger partial charge in [0.05, 0.1) is 34.4 Å². The van der Waals surface area contributed by atoms with E-state index in [0.29, 0.717) is 23.9 Å². The van der Waals surface area contributed by atoms with Crippen LogP contribution >= 0.6 is 0 Å². The van der Waals surface area contributed by atoms with E-state index in [-0.39, 0.29) is 38.6 Å². The van der Waals surface area contributed by atoms with Gasteiger partial charge in [-0.3, -0.25) is 9.59 Å². The first-order valence-corrected chi connectivity index (χ1v) is 33.6. The van der Waals surface area contributed by atoms with Crippen molar-refractivity contribution in [2.45, 2.75) is 232 Å². The number of hydrogen-bond donors (Lipinski definition) is 1. The Labute approximate surface area is 532 Å². The van der Waals surface area contributed by atoms with Gasteiger partial charge in [-0.1, -0.05) is 260 Å². The number of esters is 2. The third kappa shape index (κ3) is 67.5. The van der Waals surface area contributed by atoms with Gasteiger partial charge in [-0.2, -0.15) is 0 Å². The Hall–Kier alpha value is -5.87. The van der Waals surface area contributed by atoms with Crippen LogP contribution < -0.4 is 0 Å². The number of allylic oxidation sites excluding steroid dienone is 32. The highest BCUT2D eigenvalue weighted by molar-refractivity contribution is 5.71. The van der Waals surface area contributed by atoms with Crippen LogP contribution in [-0.2, 0) is 33.3 Å². The Kier molecular flexibility index (Phi) is 61.6. The molecule has 0 bridgehead atoms. The zero-order valence-corrected chi connectivity index (χ0v) is 55.3. The first kappa shape index (κ1) is 81.1. The van der Waals surface area contributed by atoms with Gasteiger partial charge in [-0.05, 0) is 141 Å². The summed E-state index contributed by atoms with van der Waals surface area (Å²) in [6.07, 6.45) is 99.5. The van der Waals surface area contributed by atoms with Crippen LogP contribution in [0.15, 0.2) is 194 Å². The Morgan fingerprint density at radius 2 is 0.621 bits per heavy atom. The van der Waals surface area contributed by atoms with E-state index in [1.807, 2.05) is 21.1 Å². The molecule has 0 saturated carbocycles. The van der Waals surface area contributed by atoms with Crippen molar-refractivity contribution < 1.29 is 42.9 Å². The average molecular weight is 1200 g/mol. The van der Waals surface area contributed by atoms with Crippen molar-refractivity contribution in [2.75, 3.05) is 47.5 Å². The number of likely N-dealkylation sites (N-methyl/N-ethyl adjacent to an activating group) is 1. The van der Waals surface area contributed by atoms with E-state index in [9.17, 15) is 19.5 Å². The minimum atomic E-state index is -1.53. The average Bonchev–Trinajstić information content (AvgIpc) is 3.55. The lowest BCUT2D eigenvalue weighted by atomic mass is 10.1. The Balaban J connectivity index is 4.27. The topological polar surface area (TPSA) is 108 Å². The Bertz CT molecular complexity index is 2130. The van der Waals surface area contributed by atoms with Gasteiger partial charge < -0.3 is 28.5 Å². The van der Waals surface area contributed by atoms with Crippen molar-refractivity contribution in [3.63, 3.8) is 0 Å². The summed E-state index contributed by atoms with van der Waals surface area (Å²) in [6, 6.07) is 0. The molecule has 0 fully saturated rings. The van der Waals surface area contributed by atoms with E-state index < -0.39 is 24.3 Å². The zero-order valence-electron chi connectivity index (χ0n) is 55.3. The first-order chi connectivity index (χ1) is 42.6. The molecule has 2 unspecified atom stereocenters. The van der Waals surface area contributed by atoms with Crippen LogP contribution in [0, 0.1) is 0 Å². The van der Waals surface area contributed by atoms with Crippen LogP contribution in [0.1, 0.15) is 219 Å². The molecule has 486 valence electrons. The van der Waals surface area contributed by atoms with Crippen LogP contribution in [0.25, 0.3) is 0 Å². The quantitative estimate of drug-likeness (QED) is 0.0211. The SMILES string of the molecule is CC/C=C\C/C=C\C/C=C\C/C=C\C/C=C\C/C=C\C/C=C\C/C=C\C/C=C\C/C=C\CCCCCCCCCCC(=O)OC(COC(=O)CCCCCC/C=C\C/C=C\C/C=C\C/C=C\C/C=C\C/C=C\CC)COC(OCC[N+](C)(C)C)C(=O)O. The second kappa shape index (κ2) is 66.1. The number of carbonyl (C=O) groups excluding carboxylic acids is 2. The molecule has 87 heavy (non-hydrogen) atoms. The van der Waals surface area contributed by atoms with E-state index in [1.54, 1.807) is 0 Å². The van der Waals surface area contributed by atoms with Crippen LogP contribution in [0.3, 0.4) is 0 Å². The maximum absolute atomic E-state index is 12.9. The molecule has 0 heterocycles. The lowest BCUT2D eigenvalue weighted by Gasteiger charge is -2.25. The van der Waals surface area contributed by atoms with Crippen LogP contribution in [0.4, 0.5) is 0 Å². The number of carboxylic acid groups (broad SMARTS) is 1. The summed E-state index contributed by atoms with van der Waals surface area (Å²) in [5.41, 5.74) is 0. The summed E-state index contributed by atoms with van der Waals surface area (Å²) < 4.78 is 22.9. The summed E-state index contributed by atoms with van der Waals surface area (Å²) in [7, 11) is 5.95. The Morgan fingerprint density at radius 1 is 0.345 bits per heavy atom. The normalized spacial score (nSPS) is 14.0. The highest BCUT2D eigenvalue weighted by atomic mass is 16.7. The number of carboxylic acids is 1. The van der Waals surface area contributed by atoms with E-state index >= 15 is 0 Å². The summed E-state index contributed by atoms with van der Waals surface area (Å²) in [5.74, 6) is -2.07. The first-order valence-electron chi connectivity index (χ1n) is 33.6. The number of rotatable bonds is 59. The number of quaternary nitrogens is 1. The molecule has 0 rings (SSSR count). The van der Waals surface area contributed by atoms with Crippen molar-refractivity contribution in [1.82, 2.24) is 0 Å². The highest BCUT2D eigenvalue weighted by Crippen LogP contribution is 2.14. The lowest BCUT2D eigenvalue weighted by molar-refractivity contribution is -0.870. The molecular weight excluding hydrogens is 1080 g/mol. The fourth-order valence-electron chi connectivity index (χ4n) is 8.28. The fraction of sp³-hybridized carbons (Fsp3) is 0.551. The number of hydrogen-bond acceptors (Lipinski definition) is 7. The smallest absolute Gasteiger partial charge is 0.361 e. The maximum Gasteiger partial charge on any atom is 0.361 e. The molecule has 0 aliphatic rings. The van der Waals surface area contributed by atoms with Crippen LogP contribution in [0.5, 0.6) is 0 Å². The molecule has 0 aromatic rings. The van der Waals surface area contributed by atoms with Gasteiger partial charge in [-0.25, -0.2) is 4.79 Å². The summed E-state index contributed by atoms with van der Waals surface area (Å²) in [5, 5.41) is 9.73. The molecule has 0 aromatic heterocycles. The summed E-state index contributed by atoms with van der Waals surface area (Å²) in [6.45, 7) is 4.58. The molecular formula is C78H122NO8+. The highest BCUT2D eigenvalue weighted by Gasteiger charge is 2.25. The zero-order chi connectivity index (χ0) is 63.3. The molecule has 0 aliphatic carbocycles. The second-order valence-electron chi connectivity index (χ2n) is 22.7. The fourth-order valence-corrected chi connectivity index (χ4v) is 8.28. The predicted molar refractivity (Wildman–Crippen MR) is 372 cm³/mol. The van der Waals surface area contributed by atoms with Crippen LogP contribution in [0.2, 0.25) is 0 Å². The van der Waals surface area contributed by atoms with Crippen molar-refractivity contribution in [2.24, 2.45) is 0 Å². The second-order valence-corrected chi connectivity index (χ2v) is 22.7. The van der Waals surface area contributed by atoms with Crippen molar-refractivity contribution in [3.8, 4) is 0 Å². The molecule has 0 amide bonds. The summed E-state index contributed by atoms with van der Waals surface area (Å²) in [4.78, 5) is 37.6. The predicted octanol–water partition coefficient (Wildman–Crippen LogP) is 21.0. The molecule has 0 aliphatic heterocycles. The third-order valence-electron chi connectivity index (χ3n) is 13.3. The lowest BCUT2D eigenvalue weighted by Crippen LogP contribution is -2.40. The van der Waals surface area contributed by atoms with Gasteiger partial charge in [-0.15, -0.1) is 0 Å². The Morgan fingerprint density at radius 3 is 0.920 bits per heavy atom. The van der Waals surface area contributed by atoms with Gasteiger partial charge in [0, 0.05) is 12.8 Å². The molecule has 0 saturated heterocycles. The van der Waals surface area contributed by atoms with E-state index in [2.05, 4.69) is 208 Å². The van der Waals surface area contributed by atoms with E-state index in [1.165, 1.54) is 25.7 Å². The minimum Gasteiger partial charge on any atom is -0.477 e. The number of ether oxygens (including phenoxy) is 4. The van der Waals surface area contributed by atoms with Crippen LogP contribution in [-0.4, -0.2) is 87.4 Å². The third-order valence-corrected chi connectivity index (χ3v) is 13.3. The van der Waals surface area contributed by atoms with Gasteiger partial charge in [0.2, 0.25) is 0 Å². The minimum absolute atomic E-state index is 0.170. The van der Waals surface area contributed by atoms with Gasteiger partial charge in [0.15, 0.2) is 6.10 Å². The standard InChI is InChI=1S/C78H121NO8/c1-6-8-10-12-14-16-18-20-22-24-26-28-30-31-32-33-34-35-36-37-38-39-40-41-42-43-44-45-47-49-51-53-55-57-59-61-63-65-67-69-76(81)87-74(73-86-78(77(82)83)84-71-70-79(3,4)5)72-85-75(80)68-66-64-62-60-58-56-54-52-50-48-46-29-27-25-23-21-19-17-15-13-11-9-7-2/h8-11,14-17,20-23,26-29,31-32,34-35,37-38,40-41,43-44,47-50,54,56,74,78H,6-7,12-13,18-19,24-25,30,33,36,39,42,45-46,51-53,55,57-73H2,1-5H3/p+1/b10-8-,11-9-,16-14-,17-15-,22-20-,23-21-,28-26-,29-27-,32-31-,35-34-,38-37-,41-40-,44-43-,49-47-,50-48-,56-54-. The molecule has 0 aromatic carbocycles. The molecule has 0 radical (unpaired) electrons. The number of unbranched alkanes of at least 4 members (excludes halogenated alkanes) is 12. The largest absolute Gasteiger partial charge is 0.477 e. The molecule has 0 spiro atoms. The maximum atomic E-state index is 12.9. The molecule has 9 nitrogen and oxygen atoms in total. The number of nitrogens with zero attached hydrogens (tertiary/aromatic N) is 1.